The summed E-state index contributed by atoms with van der Waals surface area (Å²) in [5.74, 6) is 1.27. The van der Waals surface area contributed by atoms with Gasteiger partial charge in [0.05, 0.1) is 6.61 Å². The summed E-state index contributed by atoms with van der Waals surface area (Å²) >= 11 is 0. The van der Waals surface area contributed by atoms with Crippen molar-refractivity contribution in [3.05, 3.63) is 71.3 Å². The van der Waals surface area contributed by atoms with Crippen molar-refractivity contribution in [2.45, 2.75) is 26.6 Å². The Labute approximate surface area is 153 Å². The average molecular weight is 352 g/mol. The highest BCUT2D eigenvalue weighted by atomic mass is 16.7. The molecule has 0 unspecified atom stereocenters. The smallest absolute Gasteiger partial charge is 0.188 e. The van der Waals surface area contributed by atoms with Gasteiger partial charge in [0.15, 0.2) is 18.3 Å². The predicted octanol–water partition coefficient (Wildman–Crippen LogP) is 4.46. The Hall–Kier alpha value is -2.56. The molecule has 1 N–H and O–H groups in total. The van der Waals surface area contributed by atoms with Gasteiger partial charge in [0, 0.05) is 12.5 Å². The van der Waals surface area contributed by atoms with E-state index in [1.807, 2.05) is 48.5 Å². The molecule has 0 atom stereocenters. The summed E-state index contributed by atoms with van der Waals surface area (Å²) in [5, 5.41) is 11.8. The quantitative estimate of drug-likeness (QED) is 0.608. The maximum Gasteiger partial charge on any atom is 0.188 e. The summed E-state index contributed by atoms with van der Waals surface area (Å²) in [5.41, 5.74) is 3.04. The normalized spacial score (nSPS) is 10.9. The van der Waals surface area contributed by atoms with Crippen molar-refractivity contribution in [1.29, 1.82) is 0 Å². The van der Waals surface area contributed by atoms with Gasteiger partial charge in [-0.25, -0.2) is 0 Å². The second kappa shape index (κ2) is 8.70. The molecule has 3 aromatic rings. The van der Waals surface area contributed by atoms with E-state index < -0.39 is 0 Å². The van der Waals surface area contributed by atoms with Crippen LogP contribution in [0.2, 0.25) is 0 Å². The molecule has 0 heterocycles. The average Bonchev–Trinajstić information content (AvgIpc) is 2.70. The Balaban J connectivity index is 2.10. The highest BCUT2D eigenvalue weighted by Crippen LogP contribution is 2.40. The summed E-state index contributed by atoms with van der Waals surface area (Å²) in [6.07, 6.45) is 0.855. The second-order valence-corrected chi connectivity index (χ2v) is 6.04. The van der Waals surface area contributed by atoms with Gasteiger partial charge in [-0.15, -0.1) is 0 Å². The first-order valence-electron chi connectivity index (χ1n) is 8.75. The molecule has 0 aliphatic carbocycles. The summed E-state index contributed by atoms with van der Waals surface area (Å²) in [7, 11) is 1.59. The molecule has 0 aliphatic heterocycles. The zero-order valence-corrected chi connectivity index (χ0v) is 15.2. The first-order valence-corrected chi connectivity index (χ1v) is 8.75. The summed E-state index contributed by atoms with van der Waals surface area (Å²) in [4.78, 5) is 0. The molecule has 0 spiro atoms. The van der Waals surface area contributed by atoms with Crippen LogP contribution >= 0.6 is 0 Å². The lowest BCUT2D eigenvalue weighted by molar-refractivity contribution is 0.0495. The van der Waals surface area contributed by atoms with E-state index in [4.69, 9.17) is 14.2 Å². The van der Waals surface area contributed by atoms with Gasteiger partial charge in [0.1, 0.15) is 6.61 Å². The molecule has 0 saturated carbocycles. The number of hydrogen-bond acceptors (Lipinski definition) is 4. The lowest BCUT2D eigenvalue weighted by atomic mass is 9.97. The molecule has 3 aromatic carbocycles. The largest absolute Gasteiger partial charge is 0.485 e. The number of hydrogen-bond donors (Lipinski definition) is 1. The Kier molecular flexibility index (Phi) is 6.10. The third kappa shape index (κ3) is 3.82. The highest BCUT2D eigenvalue weighted by molar-refractivity contribution is 5.96. The van der Waals surface area contributed by atoms with Crippen LogP contribution in [-0.2, 0) is 24.4 Å². The lowest BCUT2D eigenvalue weighted by Crippen LogP contribution is -2.05. The molecule has 136 valence electrons. The van der Waals surface area contributed by atoms with Crippen LogP contribution < -0.4 is 9.47 Å². The molecular weight excluding hydrogens is 328 g/mol. The highest BCUT2D eigenvalue weighted by Gasteiger charge is 2.17. The first-order chi connectivity index (χ1) is 12.8. The topological polar surface area (TPSA) is 47.9 Å². The summed E-state index contributed by atoms with van der Waals surface area (Å²) in [6, 6.07) is 17.9. The Bertz CT molecular complexity index is 859. The van der Waals surface area contributed by atoms with E-state index in [0.29, 0.717) is 18.1 Å². The SMILES string of the molecule is CCc1cccc2c(CO)cc(OCc3ccccc3)c(OCOC)c12. The van der Waals surface area contributed by atoms with Crippen LogP contribution in [0, 0.1) is 0 Å². The van der Waals surface area contributed by atoms with Crippen molar-refractivity contribution >= 4 is 10.8 Å². The maximum atomic E-state index is 9.85. The van der Waals surface area contributed by atoms with E-state index in [0.717, 1.165) is 33.9 Å². The number of rotatable bonds is 8. The van der Waals surface area contributed by atoms with Gasteiger partial charge in [0.2, 0.25) is 0 Å². The molecule has 0 bridgehead atoms. The Morgan fingerprint density at radius 1 is 0.923 bits per heavy atom. The number of aliphatic hydroxyl groups is 1. The molecule has 4 heteroatoms. The van der Waals surface area contributed by atoms with Gasteiger partial charge in [-0.05, 0) is 34.6 Å². The number of aryl methyl sites for hydroxylation is 1. The monoisotopic (exact) mass is 352 g/mol. The third-order valence-corrected chi connectivity index (χ3v) is 4.36. The molecule has 0 radical (unpaired) electrons. The lowest BCUT2D eigenvalue weighted by Gasteiger charge is -2.19. The minimum Gasteiger partial charge on any atom is -0.485 e. The maximum absolute atomic E-state index is 9.85. The van der Waals surface area contributed by atoms with Crippen LogP contribution in [0.25, 0.3) is 10.8 Å². The number of fused-ring (bicyclic) bond motifs is 1. The molecule has 26 heavy (non-hydrogen) atoms. The van der Waals surface area contributed by atoms with E-state index in [-0.39, 0.29) is 13.4 Å². The van der Waals surface area contributed by atoms with Crippen molar-refractivity contribution in [1.82, 2.24) is 0 Å². The third-order valence-electron chi connectivity index (χ3n) is 4.36. The molecule has 0 fully saturated rings. The van der Waals surface area contributed by atoms with Gasteiger partial charge in [-0.3, -0.25) is 0 Å². The number of aliphatic hydroxyl groups excluding tert-OH is 1. The molecule has 3 rings (SSSR count). The Morgan fingerprint density at radius 2 is 1.73 bits per heavy atom. The van der Waals surface area contributed by atoms with Crippen LogP contribution in [0.5, 0.6) is 11.5 Å². The standard InChI is InChI=1S/C22H24O4/c1-3-17-10-7-11-19-18(13-23)12-20(22(21(17)19)26-15-24-2)25-14-16-8-5-4-6-9-16/h4-12,23H,3,13-15H2,1-2H3. The van der Waals surface area contributed by atoms with E-state index >= 15 is 0 Å². The summed E-state index contributed by atoms with van der Waals surface area (Å²) < 4.78 is 17.1. The number of benzene rings is 3. The van der Waals surface area contributed by atoms with Crippen LogP contribution in [0.4, 0.5) is 0 Å². The predicted molar refractivity (Wildman–Crippen MR) is 103 cm³/mol. The van der Waals surface area contributed by atoms with Gasteiger partial charge in [0.25, 0.3) is 0 Å². The van der Waals surface area contributed by atoms with Gasteiger partial charge < -0.3 is 19.3 Å². The second-order valence-electron chi connectivity index (χ2n) is 6.04. The van der Waals surface area contributed by atoms with Crippen molar-refractivity contribution in [2.24, 2.45) is 0 Å². The van der Waals surface area contributed by atoms with Crippen LogP contribution in [0.15, 0.2) is 54.6 Å². The molecule has 0 aromatic heterocycles. The van der Waals surface area contributed by atoms with E-state index in [9.17, 15) is 5.11 Å². The van der Waals surface area contributed by atoms with Crippen molar-refractivity contribution in [2.75, 3.05) is 13.9 Å². The molecule has 0 saturated heterocycles. The molecule has 0 amide bonds. The van der Waals surface area contributed by atoms with Crippen LogP contribution in [-0.4, -0.2) is 19.0 Å². The van der Waals surface area contributed by atoms with E-state index in [2.05, 4.69) is 13.0 Å². The zero-order chi connectivity index (χ0) is 18.4. The van der Waals surface area contributed by atoms with E-state index in [1.54, 1.807) is 7.11 Å². The molecule has 4 nitrogen and oxygen atoms in total. The molecular formula is C22H24O4. The molecule has 0 aliphatic rings. The number of ether oxygens (including phenoxy) is 3. The van der Waals surface area contributed by atoms with Crippen molar-refractivity contribution in [3.63, 3.8) is 0 Å². The minimum absolute atomic E-state index is 0.0596. The van der Waals surface area contributed by atoms with Crippen molar-refractivity contribution < 1.29 is 19.3 Å². The van der Waals surface area contributed by atoms with Gasteiger partial charge >= 0.3 is 0 Å². The van der Waals surface area contributed by atoms with Crippen LogP contribution in [0.1, 0.15) is 23.6 Å². The van der Waals surface area contributed by atoms with Crippen LogP contribution in [0.3, 0.4) is 0 Å². The zero-order valence-electron chi connectivity index (χ0n) is 15.2. The fourth-order valence-electron chi connectivity index (χ4n) is 3.09. The van der Waals surface area contributed by atoms with Crippen molar-refractivity contribution in [3.8, 4) is 11.5 Å². The van der Waals surface area contributed by atoms with E-state index in [1.165, 1.54) is 0 Å². The van der Waals surface area contributed by atoms with Gasteiger partial charge in [-0.2, -0.15) is 0 Å². The minimum atomic E-state index is -0.0596. The Morgan fingerprint density at radius 3 is 2.42 bits per heavy atom. The first kappa shape index (κ1) is 18.2. The fourth-order valence-corrected chi connectivity index (χ4v) is 3.09. The van der Waals surface area contributed by atoms with Gasteiger partial charge in [-0.1, -0.05) is 55.5 Å². The fraction of sp³-hybridized carbons (Fsp3) is 0.273. The summed E-state index contributed by atoms with van der Waals surface area (Å²) in [6.45, 7) is 2.60. The number of methoxy groups -OCH3 is 1.